The lowest BCUT2D eigenvalue weighted by Crippen LogP contribution is -2.24. The second-order valence-electron chi connectivity index (χ2n) is 5.04. The lowest BCUT2D eigenvalue weighted by Gasteiger charge is -2.16. The first kappa shape index (κ1) is 9.13. The highest BCUT2D eigenvalue weighted by atomic mass is 16.6. The Morgan fingerprint density at radius 1 is 1.07 bits per heavy atom. The maximum atomic E-state index is 11.6. The maximum Gasteiger partial charge on any atom is 0.318 e. The van der Waals surface area contributed by atoms with E-state index >= 15 is 0 Å². The van der Waals surface area contributed by atoms with Crippen molar-refractivity contribution in [2.75, 3.05) is 0 Å². The Morgan fingerprint density at radius 3 is 1.93 bits per heavy atom. The molecule has 0 aromatic carbocycles. The highest BCUT2D eigenvalue weighted by Gasteiger charge is 2.62. The zero-order valence-electron chi connectivity index (χ0n) is 8.95. The molecule has 3 fully saturated rings. The zero-order chi connectivity index (χ0) is 10.7. The van der Waals surface area contributed by atoms with Crippen molar-refractivity contribution < 1.29 is 14.3 Å². The minimum Gasteiger partial charge on any atom is -0.393 e. The highest BCUT2D eigenvalue weighted by molar-refractivity contribution is 5.98. The van der Waals surface area contributed by atoms with E-state index in [-0.39, 0.29) is 23.8 Å². The molecule has 3 rings (SSSR count). The fourth-order valence-electron chi connectivity index (χ4n) is 3.79. The van der Waals surface area contributed by atoms with Crippen molar-refractivity contribution in [3.8, 4) is 0 Å². The van der Waals surface area contributed by atoms with Crippen LogP contribution in [0.25, 0.3) is 0 Å². The molecule has 4 atom stereocenters. The third-order valence-electron chi connectivity index (χ3n) is 4.16. The highest BCUT2D eigenvalue weighted by Crippen LogP contribution is 2.59. The Kier molecular flexibility index (Phi) is 1.65. The summed E-state index contributed by atoms with van der Waals surface area (Å²) in [6.45, 7) is 4.16. The summed E-state index contributed by atoms with van der Waals surface area (Å²) in [5.41, 5.74) is 2.66. The van der Waals surface area contributed by atoms with Crippen LogP contribution in [-0.2, 0) is 14.3 Å². The number of hydrogen-bond acceptors (Lipinski definition) is 3. The van der Waals surface area contributed by atoms with Crippen molar-refractivity contribution in [1.29, 1.82) is 0 Å². The molecular formula is C12H14O3. The molecule has 0 aromatic heterocycles. The minimum atomic E-state index is -0.282. The van der Waals surface area contributed by atoms with E-state index in [9.17, 15) is 9.59 Å². The van der Waals surface area contributed by atoms with E-state index in [2.05, 4.69) is 13.8 Å². The number of fused-ring (bicyclic) bond motifs is 5. The van der Waals surface area contributed by atoms with Crippen LogP contribution >= 0.6 is 0 Å². The van der Waals surface area contributed by atoms with Crippen LogP contribution in [0.15, 0.2) is 11.1 Å². The first-order valence-corrected chi connectivity index (χ1v) is 5.54. The molecule has 3 nitrogen and oxygen atoms in total. The molecule has 3 heteroatoms. The molecular weight excluding hydrogens is 192 g/mol. The summed E-state index contributed by atoms with van der Waals surface area (Å²) in [6, 6.07) is 0. The SMILES string of the molecule is CC(C)=C1C2CCC1C1C(=O)OC(=O)C21. The van der Waals surface area contributed by atoms with Gasteiger partial charge in [-0.3, -0.25) is 9.59 Å². The van der Waals surface area contributed by atoms with Gasteiger partial charge in [0.2, 0.25) is 0 Å². The van der Waals surface area contributed by atoms with Gasteiger partial charge in [-0.1, -0.05) is 11.1 Å². The van der Waals surface area contributed by atoms with E-state index in [0.29, 0.717) is 11.8 Å². The molecule has 15 heavy (non-hydrogen) atoms. The first-order chi connectivity index (χ1) is 7.11. The molecule has 1 saturated heterocycles. The van der Waals surface area contributed by atoms with Gasteiger partial charge in [-0.25, -0.2) is 0 Å². The average molecular weight is 206 g/mol. The Bertz CT molecular complexity index is 360. The van der Waals surface area contributed by atoms with Crippen LogP contribution in [-0.4, -0.2) is 11.9 Å². The number of ether oxygens (including phenoxy) is 1. The molecule has 4 unspecified atom stereocenters. The van der Waals surface area contributed by atoms with Gasteiger partial charge in [-0.15, -0.1) is 0 Å². The van der Waals surface area contributed by atoms with E-state index in [1.807, 2.05) is 0 Å². The molecule has 2 bridgehead atoms. The average Bonchev–Trinajstić information content (AvgIpc) is 2.77. The molecule has 0 N–H and O–H groups in total. The van der Waals surface area contributed by atoms with Crippen molar-refractivity contribution in [1.82, 2.24) is 0 Å². The van der Waals surface area contributed by atoms with Crippen molar-refractivity contribution in [2.24, 2.45) is 23.7 Å². The third kappa shape index (κ3) is 0.959. The molecule has 2 aliphatic carbocycles. The van der Waals surface area contributed by atoms with Gasteiger partial charge in [0.05, 0.1) is 11.8 Å². The summed E-state index contributed by atoms with van der Waals surface area (Å²) in [5, 5.41) is 0. The maximum absolute atomic E-state index is 11.6. The largest absolute Gasteiger partial charge is 0.393 e. The van der Waals surface area contributed by atoms with Crippen LogP contribution in [0.1, 0.15) is 26.7 Å². The van der Waals surface area contributed by atoms with Gasteiger partial charge in [0, 0.05) is 0 Å². The number of hydrogen-bond donors (Lipinski definition) is 0. The number of cyclic esters (lactones) is 2. The van der Waals surface area contributed by atoms with Gasteiger partial charge in [0.15, 0.2) is 0 Å². The van der Waals surface area contributed by atoms with Crippen molar-refractivity contribution in [2.45, 2.75) is 26.7 Å². The van der Waals surface area contributed by atoms with E-state index < -0.39 is 0 Å². The lowest BCUT2D eigenvalue weighted by molar-refractivity contribution is -0.154. The van der Waals surface area contributed by atoms with Gasteiger partial charge in [-0.2, -0.15) is 0 Å². The number of carbonyl (C=O) groups excluding carboxylic acids is 2. The van der Waals surface area contributed by atoms with Gasteiger partial charge in [0.25, 0.3) is 0 Å². The number of esters is 2. The Hall–Kier alpha value is -1.12. The van der Waals surface area contributed by atoms with Crippen LogP contribution in [0.3, 0.4) is 0 Å². The molecule has 1 aliphatic heterocycles. The topological polar surface area (TPSA) is 43.4 Å². The first-order valence-electron chi connectivity index (χ1n) is 5.54. The lowest BCUT2D eigenvalue weighted by atomic mass is 9.81. The predicted molar refractivity (Wildman–Crippen MR) is 52.7 cm³/mol. The number of allylic oxidation sites excluding steroid dienone is 2. The van der Waals surface area contributed by atoms with E-state index in [1.165, 1.54) is 11.1 Å². The van der Waals surface area contributed by atoms with E-state index in [0.717, 1.165) is 12.8 Å². The Labute approximate surface area is 88.5 Å². The summed E-state index contributed by atoms with van der Waals surface area (Å²) >= 11 is 0. The monoisotopic (exact) mass is 206 g/mol. The van der Waals surface area contributed by atoms with Gasteiger partial charge in [-0.05, 0) is 38.5 Å². The van der Waals surface area contributed by atoms with Gasteiger partial charge >= 0.3 is 11.9 Å². The minimum absolute atomic E-state index is 0.152. The van der Waals surface area contributed by atoms with Crippen molar-refractivity contribution in [3.63, 3.8) is 0 Å². The Morgan fingerprint density at radius 2 is 1.53 bits per heavy atom. The molecule has 0 aromatic rings. The zero-order valence-corrected chi connectivity index (χ0v) is 8.95. The van der Waals surface area contributed by atoms with Gasteiger partial charge in [0.1, 0.15) is 0 Å². The van der Waals surface area contributed by atoms with Crippen LogP contribution in [0.4, 0.5) is 0 Å². The van der Waals surface area contributed by atoms with E-state index in [4.69, 9.17) is 4.74 Å². The summed E-state index contributed by atoms with van der Waals surface area (Å²) in [5.74, 6) is -0.276. The number of rotatable bonds is 0. The van der Waals surface area contributed by atoms with Crippen LogP contribution < -0.4 is 0 Å². The second kappa shape index (κ2) is 2.71. The summed E-state index contributed by atoms with van der Waals surface area (Å²) in [7, 11) is 0. The smallest absolute Gasteiger partial charge is 0.318 e. The fraction of sp³-hybridized carbons (Fsp3) is 0.667. The summed E-state index contributed by atoms with van der Waals surface area (Å²) in [4.78, 5) is 23.1. The molecule has 0 amide bonds. The van der Waals surface area contributed by atoms with Crippen LogP contribution in [0, 0.1) is 23.7 Å². The van der Waals surface area contributed by atoms with Crippen molar-refractivity contribution in [3.05, 3.63) is 11.1 Å². The standard InChI is InChI=1S/C12H14O3/c1-5(2)8-6-3-4-7(8)10-9(6)11(13)15-12(10)14/h6-7,9-10H,3-4H2,1-2H3. The fourth-order valence-corrected chi connectivity index (χ4v) is 3.79. The van der Waals surface area contributed by atoms with Crippen molar-refractivity contribution >= 4 is 11.9 Å². The molecule has 80 valence electrons. The predicted octanol–water partition coefficient (Wildman–Crippen LogP) is 1.68. The van der Waals surface area contributed by atoms with Crippen LogP contribution in [0.5, 0.6) is 0 Å². The Balaban J connectivity index is 2.10. The quantitative estimate of drug-likeness (QED) is 0.344. The molecule has 0 radical (unpaired) electrons. The summed E-state index contributed by atoms with van der Waals surface area (Å²) < 4.78 is 4.74. The molecule has 1 heterocycles. The second-order valence-corrected chi connectivity index (χ2v) is 5.04. The number of carbonyl (C=O) groups is 2. The molecule has 2 saturated carbocycles. The van der Waals surface area contributed by atoms with E-state index in [1.54, 1.807) is 0 Å². The van der Waals surface area contributed by atoms with Crippen LogP contribution in [0.2, 0.25) is 0 Å². The third-order valence-corrected chi connectivity index (χ3v) is 4.16. The molecule has 0 spiro atoms. The normalized spacial score (nSPS) is 42.1. The van der Waals surface area contributed by atoms with Gasteiger partial charge < -0.3 is 4.74 Å². The summed E-state index contributed by atoms with van der Waals surface area (Å²) in [6.07, 6.45) is 2.10. The molecule has 3 aliphatic rings.